The maximum Gasteiger partial charge on any atom is 0.0710 e. The van der Waals surface area contributed by atoms with Crippen LogP contribution in [-0.4, -0.2) is 48.8 Å². The van der Waals surface area contributed by atoms with E-state index in [2.05, 4.69) is 31.0 Å². The SMILES string of the molecule is CCNC1CCCN(CC2CCC(C)(C)O2)C1. The predicted octanol–water partition coefficient (Wildman–Crippen LogP) is 2.02. The van der Waals surface area contributed by atoms with E-state index in [4.69, 9.17) is 4.74 Å². The maximum atomic E-state index is 6.08. The number of piperidine rings is 1. The highest BCUT2D eigenvalue weighted by molar-refractivity contribution is 4.85. The van der Waals surface area contributed by atoms with E-state index in [1.807, 2.05) is 0 Å². The van der Waals surface area contributed by atoms with Crippen LogP contribution in [0.1, 0.15) is 46.5 Å². The van der Waals surface area contributed by atoms with Gasteiger partial charge in [-0.25, -0.2) is 0 Å². The Bertz CT molecular complexity index is 240. The van der Waals surface area contributed by atoms with Crippen LogP contribution in [0.15, 0.2) is 0 Å². The van der Waals surface area contributed by atoms with E-state index in [9.17, 15) is 0 Å². The summed E-state index contributed by atoms with van der Waals surface area (Å²) in [5.74, 6) is 0. The molecule has 2 fully saturated rings. The monoisotopic (exact) mass is 240 g/mol. The van der Waals surface area contributed by atoms with Crippen molar-refractivity contribution in [1.29, 1.82) is 0 Å². The molecule has 3 heteroatoms. The van der Waals surface area contributed by atoms with Gasteiger partial charge in [0.05, 0.1) is 11.7 Å². The first-order chi connectivity index (χ1) is 8.09. The molecule has 100 valence electrons. The number of hydrogen-bond donors (Lipinski definition) is 1. The lowest BCUT2D eigenvalue weighted by Crippen LogP contribution is -2.47. The highest BCUT2D eigenvalue weighted by Crippen LogP contribution is 2.30. The fraction of sp³-hybridized carbons (Fsp3) is 1.00. The van der Waals surface area contributed by atoms with Crippen LogP contribution in [0.2, 0.25) is 0 Å². The number of likely N-dealkylation sites (N-methyl/N-ethyl adjacent to an activating group) is 1. The summed E-state index contributed by atoms with van der Waals surface area (Å²) in [5, 5.41) is 3.57. The average Bonchev–Trinajstić information content (AvgIpc) is 2.59. The van der Waals surface area contributed by atoms with Gasteiger partial charge in [0, 0.05) is 19.1 Å². The summed E-state index contributed by atoms with van der Waals surface area (Å²) >= 11 is 0. The van der Waals surface area contributed by atoms with Crippen LogP contribution in [0, 0.1) is 0 Å². The fourth-order valence-electron chi connectivity index (χ4n) is 3.17. The van der Waals surface area contributed by atoms with Crippen molar-refractivity contribution in [3.63, 3.8) is 0 Å². The van der Waals surface area contributed by atoms with E-state index in [1.54, 1.807) is 0 Å². The fourth-order valence-corrected chi connectivity index (χ4v) is 3.17. The highest BCUT2D eigenvalue weighted by Gasteiger charge is 2.33. The van der Waals surface area contributed by atoms with Crippen LogP contribution < -0.4 is 5.32 Å². The molecule has 2 atom stereocenters. The van der Waals surface area contributed by atoms with Crippen LogP contribution in [0.5, 0.6) is 0 Å². The molecule has 3 nitrogen and oxygen atoms in total. The van der Waals surface area contributed by atoms with Gasteiger partial charge in [-0.3, -0.25) is 4.90 Å². The molecule has 2 heterocycles. The summed E-state index contributed by atoms with van der Waals surface area (Å²) in [6.07, 6.45) is 5.57. The van der Waals surface area contributed by atoms with E-state index in [0.29, 0.717) is 12.1 Å². The minimum atomic E-state index is 0.113. The molecule has 0 spiro atoms. The highest BCUT2D eigenvalue weighted by atomic mass is 16.5. The lowest BCUT2D eigenvalue weighted by atomic mass is 10.0. The van der Waals surface area contributed by atoms with Crippen molar-refractivity contribution >= 4 is 0 Å². The second-order valence-electron chi connectivity index (χ2n) is 6.19. The number of likely N-dealkylation sites (tertiary alicyclic amines) is 1. The summed E-state index contributed by atoms with van der Waals surface area (Å²) in [5.41, 5.74) is 0.113. The van der Waals surface area contributed by atoms with Gasteiger partial charge in [-0.15, -0.1) is 0 Å². The van der Waals surface area contributed by atoms with Crippen LogP contribution >= 0.6 is 0 Å². The molecule has 0 radical (unpaired) electrons. The summed E-state index contributed by atoms with van der Waals surface area (Å²) in [6.45, 7) is 11.3. The van der Waals surface area contributed by atoms with E-state index in [0.717, 1.165) is 13.1 Å². The van der Waals surface area contributed by atoms with E-state index in [-0.39, 0.29) is 5.60 Å². The first-order valence-electron chi connectivity index (χ1n) is 7.22. The Morgan fingerprint density at radius 2 is 2.18 bits per heavy atom. The summed E-state index contributed by atoms with van der Waals surface area (Å²) < 4.78 is 6.08. The van der Waals surface area contributed by atoms with E-state index >= 15 is 0 Å². The van der Waals surface area contributed by atoms with Gasteiger partial charge >= 0.3 is 0 Å². The van der Waals surface area contributed by atoms with Gasteiger partial charge in [0.25, 0.3) is 0 Å². The zero-order chi connectivity index (χ0) is 12.3. The maximum absolute atomic E-state index is 6.08. The summed E-state index contributed by atoms with van der Waals surface area (Å²) in [7, 11) is 0. The van der Waals surface area contributed by atoms with Gasteiger partial charge in [-0.2, -0.15) is 0 Å². The third kappa shape index (κ3) is 3.94. The van der Waals surface area contributed by atoms with Crippen LogP contribution in [-0.2, 0) is 4.74 Å². The standard InChI is InChI=1S/C14H28N2O/c1-4-15-12-6-5-9-16(10-12)11-13-7-8-14(2,3)17-13/h12-13,15H,4-11H2,1-3H3. The van der Waals surface area contributed by atoms with Gasteiger partial charge < -0.3 is 10.1 Å². The first kappa shape index (κ1) is 13.3. The van der Waals surface area contributed by atoms with Gasteiger partial charge in [0.2, 0.25) is 0 Å². The van der Waals surface area contributed by atoms with Gasteiger partial charge in [0.15, 0.2) is 0 Å². The van der Waals surface area contributed by atoms with Gasteiger partial charge in [-0.05, 0) is 52.6 Å². The third-order valence-electron chi connectivity index (χ3n) is 4.01. The quantitative estimate of drug-likeness (QED) is 0.813. The first-order valence-corrected chi connectivity index (χ1v) is 7.22. The Morgan fingerprint density at radius 1 is 1.35 bits per heavy atom. The summed E-state index contributed by atoms with van der Waals surface area (Å²) in [4.78, 5) is 2.59. The molecule has 0 aromatic carbocycles. The zero-order valence-electron chi connectivity index (χ0n) is 11.7. The molecule has 0 saturated carbocycles. The smallest absolute Gasteiger partial charge is 0.0710 e. The van der Waals surface area contributed by atoms with E-state index < -0.39 is 0 Å². The Kier molecular flexibility index (Phi) is 4.45. The van der Waals surface area contributed by atoms with Crippen LogP contribution in [0.25, 0.3) is 0 Å². The van der Waals surface area contributed by atoms with Crippen molar-refractivity contribution < 1.29 is 4.74 Å². The Hall–Kier alpha value is -0.120. The number of nitrogens with one attached hydrogen (secondary N) is 1. The molecule has 0 aromatic rings. The number of nitrogens with zero attached hydrogens (tertiary/aromatic N) is 1. The molecule has 0 aliphatic carbocycles. The van der Waals surface area contributed by atoms with Gasteiger partial charge in [-0.1, -0.05) is 6.92 Å². The lowest BCUT2D eigenvalue weighted by Gasteiger charge is -2.34. The molecule has 0 aromatic heterocycles. The average molecular weight is 240 g/mol. The minimum Gasteiger partial charge on any atom is -0.371 e. The topological polar surface area (TPSA) is 24.5 Å². The van der Waals surface area contributed by atoms with Crippen molar-refractivity contribution in [1.82, 2.24) is 10.2 Å². The number of ether oxygens (including phenoxy) is 1. The third-order valence-corrected chi connectivity index (χ3v) is 4.01. The molecule has 0 amide bonds. The molecule has 2 aliphatic heterocycles. The second kappa shape index (κ2) is 5.68. The zero-order valence-corrected chi connectivity index (χ0v) is 11.7. The van der Waals surface area contributed by atoms with Crippen LogP contribution in [0.3, 0.4) is 0 Å². The normalized spacial score (nSPS) is 34.1. The number of hydrogen-bond acceptors (Lipinski definition) is 3. The Balaban J connectivity index is 1.75. The molecule has 2 rings (SSSR count). The molecule has 2 aliphatic rings. The van der Waals surface area contributed by atoms with Crippen molar-refractivity contribution in [2.45, 2.75) is 64.2 Å². The Labute approximate surface area is 106 Å². The molecule has 17 heavy (non-hydrogen) atoms. The molecular weight excluding hydrogens is 212 g/mol. The number of rotatable bonds is 4. The predicted molar refractivity (Wildman–Crippen MR) is 71.3 cm³/mol. The summed E-state index contributed by atoms with van der Waals surface area (Å²) in [6, 6.07) is 0.697. The van der Waals surface area contributed by atoms with E-state index in [1.165, 1.54) is 38.8 Å². The molecule has 2 unspecified atom stereocenters. The molecule has 1 N–H and O–H groups in total. The molecule has 2 saturated heterocycles. The molecule has 0 bridgehead atoms. The second-order valence-corrected chi connectivity index (χ2v) is 6.19. The molecular formula is C14H28N2O. The minimum absolute atomic E-state index is 0.113. The van der Waals surface area contributed by atoms with Crippen LogP contribution in [0.4, 0.5) is 0 Å². The van der Waals surface area contributed by atoms with Crippen molar-refractivity contribution in [2.75, 3.05) is 26.2 Å². The lowest BCUT2D eigenvalue weighted by molar-refractivity contribution is -0.0317. The van der Waals surface area contributed by atoms with Crippen molar-refractivity contribution in [2.24, 2.45) is 0 Å². The largest absolute Gasteiger partial charge is 0.371 e. The Morgan fingerprint density at radius 3 is 2.82 bits per heavy atom. The van der Waals surface area contributed by atoms with Crippen molar-refractivity contribution in [3.8, 4) is 0 Å². The van der Waals surface area contributed by atoms with Crippen molar-refractivity contribution in [3.05, 3.63) is 0 Å². The van der Waals surface area contributed by atoms with Gasteiger partial charge in [0.1, 0.15) is 0 Å².